The average Bonchev–Trinajstić information content (AvgIpc) is 2.68. The summed E-state index contributed by atoms with van der Waals surface area (Å²) in [5.74, 6) is 0.699. The van der Waals surface area contributed by atoms with Gasteiger partial charge in [-0.15, -0.1) is 0 Å². The van der Waals surface area contributed by atoms with Gasteiger partial charge in [0, 0.05) is 11.3 Å². The number of aromatic nitrogens is 2. The van der Waals surface area contributed by atoms with Crippen LogP contribution < -0.4 is 5.59 Å². The van der Waals surface area contributed by atoms with Crippen LogP contribution in [-0.2, 0) is 9.31 Å². The molecule has 0 spiro atoms. The lowest BCUT2D eigenvalue weighted by Gasteiger charge is -2.32. The Morgan fingerprint density at radius 2 is 1.50 bits per heavy atom. The third kappa shape index (κ3) is 2.66. The lowest BCUT2D eigenvalue weighted by molar-refractivity contribution is 0.00578. The van der Waals surface area contributed by atoms with Crippen molar-refractivity contribution in [2.24, 2.45) is 0 Å². The van der Waals surface area contributed by atoms with Crippen LogP contribution in [0.1, 0.15) is 33.4 Å². The van der Waals surface area contributed by atoms with Crippen molar-refractivity contribution in [3.05, 3.63) is 42.1 Å². The second-order valence-electron chi connectivity index (χ2n) is 6.71. The highest BCUT2D eigenvalue weighted by Gasteiger charge is 2.52. The zero-order valence-corrected chi connectivity index (χ0v) is 13.8. The monoisotopic (exact) mass is 296 g/mol. The second-order valence-corrected chi connectivity index (χ2v) is 6.71. The summed E-state index contributed by atoms with van der Waals surface area (Å²) in [6.07, 6.45) is 0. The van der Waals surface area contributed by atoms with Crippen molar-refractivity contribution in [2.75, 3.05) is 0 Å². The van der Waals surface area contributed by atoms with Gasteiger partial charge in [0.25, 0.3) is 0 Å². The van der Waals surface area contributed by atoms with E-state index in [-0.39, 0.29) is 11.2 Å². The summed E-state index contributed by atoms with van der Waals surface area (Å²) in [5.41, 5.74) is 1.92. The molecule has 0 amide bonds. The van der Waals surface area contributed by atoms with Gasteiger partial charge in [-0.25, -0.2) is 9.97 Å². The first-order valence-electron chi connectivity index (χ1n) is 7.55. The minimum atomic E-state index is -0.464. The summed E-state index contributed by atoms with van der Waals surface area (Å²) >= 11 is 0. The van der Waals surface area contributed by atoms with Crippen molar-refractivity contribution >= 4 is 12.7 Å². The van der Waals surface area contributed by atoms with Crippen LogP contribution in [-0.4, -0.2) is 28.3 Å². The maximum atomic E-state index is 6.08. The minimum Gasteiger partial charge on any atom is -0.398 e. The van der Waals surface area contributed by atoms with Crippen molar-refractivity contribution < 1.29 is 9.31 Å². The maximum Gasteiger partial charge on any atom is 0.514 e. The van der Waals surface area contributed by atoms with Crippen molar-refractivity contribution in [1.29, 1.82) is 0 Å². The Morgan fingerprint density at radius 1 is 0.909 bits per heavy atom. The molecule has 0 N–H and O–H groups in total. The molecule has 5 heteroatoms. The molecule has 0 unspecified atom stereocenters. The molecule has 0 bridgehead atoms. The number of aryl methyl sites for hydroxylation is 1. The standard InChI is InChI=1S/C17H21BN2O2/c1-12-11-14(18-21-16(2,3)17(4,5)22-18)20-15(19-12)13-9-7-6-8-10-13/h6-11H,1-5H3. The molecule has 1 aliphatic heterocycles. The minimum absolute atomic E-state index is 0.372. The molecule has 0 radical (unpaired) electrons. The van der Waals surface area contributed by atoms with Gasteiger partial charge in [0.1, 0.15) is 0 Å². The van der Waals surface area contributed by atoms with Crippen LogP contribution in [0.25, 0.3) is 11.4 Å². The number of benzene rings is 1. The maximum absolute atomic E-state index is 6.08. The molecule has 2 aromatic rings. The Labute approximate surface area is 132 Å². The number of rotatable bonds is 2. The SMILES string of the molecule is Cc1cc(B2OC(C)(C)C(C)(C)O2)nc(-c2ccccc2)n1. The molecular formula is C17H21BN2O2. The average molecular weight is 296 g/mol. The quantitative estimate of drug-likeness (QED) is 0.799. The topological polar surface area (TPSA) is 44.2 Å². The molecule has 2 heterocycles. The molecule has 0 aliphatic carbocycles. The highest BCUT2D eigenvalue weighted by molar-refractivity contribution is 6.61. The van der Waals surface area contributed by atoms with E-state index >= 15 is 0 Å². The molecule has 3 rings (SSSR count). The van der Waals surface area contributed by atoms with Gasteiger partial charge in [0.05, 0.1) is 16.8 Å². The van der Waals surface area contributed by atoms with Gasteiger partial charge in [-0.3, -0.25) is 0 Å². The van der Waals surface area contributed by atoms with Gasteiger partial charge in [0.15, 0.2) is 5.82 Å². The lowest BCUT2D eigenvalue weighted by Crippen LogP contribution is -2.41. The molecule has 1 aromatic heterocycles. The van der Waals surface area contributed by atoms with Gasteiger partial charge < -0.3 is 9.31 Å². The first kappa shape index (κ1) is 15.2. The largest absolute Gasteiger partial charge is 0.514 e. The van der Waals surface area contributed by atoms with E-state index in [2.05, 4.69) is 9.97 Å². The molecule has 0 saturated carbocycles. The fraction of sp³-hybridized carbons (Fsp3) is 0.412. The van der Waals surface area contributed by atoms with E-state index in [0.717, 1.165) is 16.9 Å². The van der Waals surface area contributed by atoms with Crippen molar-refractivity contribution in [3.63, 3.8) is 0 Å². The van der Waals surface area contributed by atoms with Crippen LogP contribution in [0, 0.1) is 6.92 Å². The number of hydrogen-bond donors (Lipinski definition) is 0. The van der Waals surface area contributed by atoms with Gasteiger partial charge in [-0.2, -0.15) is 0 Å². The number of nitrogens with zero attached hydrogens (tertiary/aromatic N) is 2. The molecule has 22 heavy (non-hydrogen) atoms. The summed E-state index contributed by atoms with van der Waals surface area (Å²) in [7, 11) is -0.464. The van der Waals surface area contributed by atoms with Gasteiger partial charge in [-0.1, -0.05) is 30.3 Å². The van der Waals surface area contributed by atoms with E-state index < -0.39 is 7.12 Å². The van der Waals surface area contributed by atoms with Crippen molar-refractivity contribution in [2.45, 2.75) is 45.8 Å². The van der Waals surface area contributed by atoms with Crippen LogP contribution in [0.15, 0.2) is 36.4 Å². The summed E-state index contributed by atoms with van der Waals surface area (Å²) in [4.78, 5) is 9.18. The van der Waals surface area contributed by atoms with Crippen LogP contribution >= 0.6 is 0 Å². The fourth-order valence-corrected chi connectivity index (χ4v) is 2.39. The third-order valence-electron chi connectivity index (χ3n) is 4.40. The molecule has 0 atom stereocenters. The lowest BCUT2D eigenvalue weighted by atomic mass is 9.84. The van der Waals surface area contributed by atoms with Gasteiger partial charge in [0.2, 0.25) is 0 Å². The van der Waals surface area contributed by atoms with E-state index in [1.165, 1.54) is 0 Å². The van der Waals surface area contributed by atoms with Crippen LogP contribution in [0.2, 0.25) is 0 Å². The predicted molar refractivity (Wildman–Crippen MR) is 87.9 cm³/mol. The highest BCUT2D eigenvalue weighted by Crippen LogP contribution is 2.36. The van der Waals surface area contributed by atoms with Gasteiger partial charge in [-0.05, 0) is 40.7 Å². The Balaban J connectivity index is 1.98. The van der Waals surface area contributed by atoms with E-state index in [1.807, 2.05) is 71.0 Å². The third-order valence-corrected chi connectivity index (χ3v) is 4.40. The zero-order valence-electron chi connectivity index (χ0n) is 13.8. The fourth-order valence-electron chi connectivity index (χ4n) is 2.39. The Hall–Kier alpha value is -1.72. The van der Waals surface area contributed by atoms with Crippen molar-refractivity contribution in [1.82, 2.24) is 9.97 Å². The van der Waals surface area contributed by atoms with Gasteiger partial charge >= 0.3 is 7.12 Å². The highest BCUT2D eigenvalue weighted by atomic mass is 16.7. The molecule has 1 fully saturated rings. The first-order valence-corrected chi connectivity index (χ1v) is 7.55. The van der Waals surface area contributed by atoms with Crippen LogP contribution in [0.3, 0.4) is 0 Å². The Morgan fingerprint density at radius 3 is 2.09 bits per heavy atom. The molecule has 4 nitrogen and oxygen atoms in total. The summed E-state index contributed by atoms with van der Waals surface area (Å²) in [5, 5.41) is 0. The van der Waals surface area contributed by atoms with Crippen LogP contribution in [0.5, 0.6) is 0 Å². The molecule has 114 valence electrons. The van der Waals surface area contributed by atoms with E-state index in [9.17, 15) is 0 Å². The van der Waals surface area contributed by atoms with Crippen LogP contribution in [0.4, 0.5) is 0 Å². The Kier molecular flexibility index (Phi) is 3.58. The molecule has 1 aliphatic rings. The predicted octanol–water partition coefficient (Wildman–Crippen LogP) is 2.75. The molecule has 1 aromatic carbocycles. The van der Waals surface area contributed by atoms with E-state index in [4.69, 9.17) is 9.31 Å². The molecule has 1 saturated heterocycles. The smallest absolute Gasteiger partial charge is 0.398 e. The first-order chi connectivity index (χ1) is 10.3. The normalized spacial score (nSPS) is 19.4. The summed E-state index contributed by atoms with van der Waals surface area (Å²) < 4.78 is 12.2. The molecular weight excluding hydrogens is 275 g/mol. The van der Waals surface area contributed by atoms with Crippen molar-refractivity contribution in [3.8, 4) is 11.4 Å². The Bertz CT molecular complexity index is 670. The summed E-state index contributed by atoms with van der Waals surface area (Å²) in [6, 6.07) is 11.9. The van der Waals surface area contributed by atoms with E-state index in [1.54, 1.807) is 0 Å². The second kappa shape index (κ2) is 5.18. The zero-order chi connectivity index (χ0) is 16.0. The summed E-state index contributed by atoms with van der Waals surface area (Å²) in [6.45, 7) is 10.1. The van der Waals surface area contributed by atoms with E-state index in [0.29, 0.717) is 5.82 Å². The number of hydrogen-bond acceptors (Lipinski definition) is 4.